The summed E-state index contributed by atoms with van der Waals surface area (Å²) in [6.07, 6.45) is 5.34. The van der Waals surface area contributed by atoms with Gasteiger partial charge in [0.15, 0.2) is 5.03 Å². The number of hydrogen-bond donors (Lipinski definition) is 2. The number of fused-ring (bicyclic) bond motifs is 1. The van der Waals surface area contributed by atoms with Gasteiger partial charge in [-0.05, 0) is 75.8 Å². The first kappa shape index (κ1) is 29.2. The number of amides is 2. The van der Waals surface area contributed by atoms with Gasteiger partial charge in [-0.15, -0.1) is 0 Å². The van der Waals surface area contributed by atoms with Crippen molar-refractivity contribution in [3.8, 4) is 11.1 Å². The first-order chi connectivity index (χ1) is 19.1. The Balaban J connectivity index is 1.32. The monoisotopic (exact) mass is 583 g/mol. The van der Waals surface area contributed by atoms with E-state index >= 15 is 0 Å². The topological polar surface area (TPSA) is 124 Å². The Hall–Kier alpha value is -3.29. The second kappa shape index (κ2) is 10.2. The lowest BCUT2D eigenvalue weighted by Crippen LogP contribution is -2.41. The second-order valence-electron chi connectivity index (χ2n) is 12.3. The Bertz CT molecular complexity index is 1590. The molecular formula is C28H35BFN5O5S. The Labute approximate surface area is 240 Å². The molecule has 2 amide bonds. The minimum atomic E-state index is -4.30. The Morgan fingerprint density at radius 3 is 2.51 bits per heavy atom. The summed E-state index contributed by atoms with van der Waals surface area (Å²) in [4.78, 5) is 16.6. The summed E-state index contributed by atoms with van der Waals surface area (Å²) in [7, 11) is -4.83. The van der Waals surface area contributed by atoms with Gasteiger partial charge in [0.05, 0.1) is 16.9 Å². The first-order valence-electron chi connectivity index (χ1n) is 13.6. The van der Waals surface area contributed by atoms with Gasteiger partial charge >= 0.3 is 13.1 Å². The van der Waals surface area contributed by atoms with Crippen LogP contribution in [0.15, 0.2) is 47.8 Å². The quantitative estimate of drug-likeness (QED) is 0.298. The van der Waals surface area contributed by atoms with E-state index in [0.717, 1.165) is 24.0 Å². The molecule has 1 aliphatic carbocycles. The van der Waals surface area contributed by atoms with Gasteiger partial charge < -0.3 is 14.6 Å². The van der Waals surface area contributed by atoms with E-state index < -0.39 is 45.6 Å². The van der Waals surface area contributed by atoms with Crippen molar-refractivity contribution >= 4 is 28.9 Å². The maximum atomic E-state index is 13.9. The first-order valence-corrected chi connectivity index (χ1v) is 15.1. The molecule has 1 saturated heterocycles. The summed E-state index contributed by atoms with van der Waals surface area (Å²) >= 11 is 0. The minimum absolute atomic E-state index is 0.299. The number of sulfonamides is 1. The van der Waals surface area contributed by atoms with Gasteiger partial charge in [0.1, 0.15) is 0 Å². The third-order valence-electron chi connectivity index (χ3n) is 8.14. The molecule has 0 bridgehead atoms. The van der Waals surface area contributed by atoms with Crippen LogP contribution in [0.2, 0.25) is 5.31 Å². The number of aromatic nitrogens is 3. The van der Waals surface area contributed by atoms with Crippen molar-refractivity contribution in [2.24, 2.45) is 0 Å². The molecule has 13 heteroatoms. The van der Waals surface area contributed by atoms with Crippen molar-refractivity contribution in [2.45, 2.75) is 88.9 Å². The van der Waals surface area contributed by atoms with E-state index in [0.29, 0.717) is 29.8 Å². The van der Waals surface area contributed by atoms with Crippen molar-refractivity contribution in [1.82, 2.24) is 19.5 Å². The Kier molecular flexibility index (Phi) is 7.28. The summed E-state index contributed by atoms with van der Waals surface area (Å²) in [6.45, 7) is 12.1. The number of carbonyl (C=O) groups is 1. The fraction of sp³-hybridized carbons (Fsp3) is 0.464. The predicted octanol–water partition coefficient (Wildman–Crippen LogP) is 4.96. The van der Waals surface area contributed by atoms with Crippen LogP contribution >= 0.6 is 0 Å². The average molecular weight is 583 g/mol. The van der Waals surface area contributed by atoms with Crippen molar-refractivity contribution in [2.75, 3.05) is 5.32 Å². The molecule has 1 aliphatic heterocycles. The van der Waals surface area contributed by atoms with Gasteiger partial charge in [0.2, 0.25) is 5.95 Å². The van der Waals surface area contributed by atoms with E-state index in [1.165, 1.54) is 23.0 Å². The van der Waals surface area contributed by atoms with Crippen LogP contribution in [0.1, 0.15) is 59.1 Å². The molecule has 1 aromatic carbocycles. The number of rotatable bonds is 7. The lowest BCUT2D eigenvalue weighted by atomic mass is 9.59. The predicted molar refractivity (Wildman–Crippen MR) is 153 cm³/mol. The molecule has 0 spiro atoms. The molecule has 3 heterocycles. The zero-order valence-electron chi connectivity index (χ0n) is 24.1. The van der Waals surface area contributed by atoms with Crippen molar-refractivity contribution in [1.29, 1.82) is 0 Å². The van der Waals surface area contributed by atoms with Crippen LogP contribution in [0.4, 0.5) is 14.9 Å². The second-order valence-corrected chi connectivity index (χ2v) is 14.0. The number of nitrogens with zero attached hydrogens (tertiary/aromatic N) is 3. The molecule has 3 aromatic rings. The largest absolute Gasteiger partial charge is 0.465 e. The number of benzene rings is 1. The molecule has 2 N–H and O–H groups in total. The van der Waals surface area contributed by atoms with Crippen LogP contribution in [0, 0.1) is 5.95 Å². The summed E-state index contributed by atoms with van der Waals surface area (Å²) in [5.41, 5.74) is 2.51. The van der Waals surface area contributed by atoms with Crippen molar-refractivity contribution in [3.63, 3.8) is 0 Å². The number of hydrogen-bond acceptors (Lipinski definition) is 7. The average Bonchev–Trinajstić information content (AvgIpc) is 3.57. The summed E-state index contributed by atoms with van der Waals surface area (Å²) in [5.74, 6) is -0.654. The van der Waals surface area contributed by atoms with Crippen LogP contribution in [0.25, 0.3) is 11.1 Å². The number of carbonyl (C=O) groups excluding carboxylic acids is 1. The van der Waals surface area contributed by atoms with E-state index in [2.05, 4.69) is 20.1 Å². The normalized spacial score (nSPS) is 17.9. The number of anilines is 1. The molecule has 0 radical (unpaired) electrons. The molecule has 218 valence electrons. The van der Waals surface area contributed by atoms with Gasteiger partial charge in [0, 0.05) is 35.9 Å². The van der Waals surface area contributed by atoms with Gasteiger partial charge in [-0.25, -0.2) is 14.5 Å². The van der Waals surface area contributed by atoms with Crippen LogP contribution in [0.3, 0.4) is 0 Å². The molecule has 10 nitrogen and oxygen atoms in total. The third-order valence-corrected chi connectivity index (χ3v) is 9.36. The van der Waals surface area contributed by atoms with E-state index in [1.807, 2.05) is 47.6 Å². The summed E-state index contributed by atoms with van der Waals surface area (Å²) in [5, 5.41) is 6.10. The zero-order chi connectivity index (χ0) is 29.8. The lowest BCUT2D eigenvalue weighted by Gasteiger charge is -2.32. The van der Waals surface area contributed by atoms with Crippen LogP contribution in [0.5, 0.6) is 0 Å². The Morgan fingerprint density at radius 2 is 1.83 bits per heavy atom. The highest BCUT2D eigenvalue weighted by molar-refractivity contribution is 7.90. The van der Waals surface area contributed by atoms with Crippen LogP contribution in [-0.4, -0.2) is 47.5 Å². The van der Waals surface area contributed by atoms with E-state index in [-0.39, 0.29) is 5.03 Å². The molecule has 1 fully saturated rings. The van der Waals surface area contributed by atoms with E-state index in [1.54, 1.807) is 18.3 Å². The maximum absolute atomic E-state index is 13.9. The highest BCUT2D eigenvalue weighted by Crippen LogP contribution is 2.45. The van der Waals surface area contributed by atoms with Crippen molar-refractivity contribution < 1.29 is 26.9 Å². The lowest BCUT2D eigenvalue weighted by molar-refractivity contribution is 0.00578. The number of nitrogens with one attached hydrogen (secondary N) is 2. The zero-order valence-corrected chi connectivity index (χ0v) is 24.9. The van der Waals surface area contributed by atoms with Gasteiger partial charge in [-0.2, -0.15) is 17.9 Å². The Morgan fingerprint density at radius 1 is 1.12 bits per heavy atom. The van der Waals surface area contributed by atoms with Gasteiger partial charge in [-0.1, -0.05) is 26.0 Å². The molecule has 2 aromatic heterocycles. The number of pyridine rings is 1. The maximum Gasteiger partial charge on any atom is 0.465 e. The number of aryl methyl sites for hydroxylation is 1. The number of urea groups is 1. The highest BCUT2D eigenvalue weighted by atomic mass is 32.2. The van der Waals surface area contributed by atoms with E-state index in [9.17, 15) is 17.6 Å². The number of halogens is 1. The van der Waals surface area contributed by atoms with Gasteiger partial charge in [-0.3, -0.25) is 4.68 Å². The fourth-order valence-corrected chi connectivity index (χ4v) is 6.01. The smallest absolute Gasteiger partial charge is 0.403 e. The standard InChI is InChI=1S/C28H35BFN5O5S/c1-26(2,29-39-27(3,4)28(5,6)40-29)17-35-15-13-23(33-35)41(37,38)34-25(36)32-24-20-9-7-8-18(20)10-11-21(24)19-12-14-31-22(30)16-19/h10-16H,7-9,17H2,1-6H3,(H2,32,34,36). The minimum Gasteiger partial charge on any atom is -0.403 e. The molecule has 5 rings (SSSR count). The molecule has 0 unspecified atom stereocenters. The van der Waals surface area contributed by atoms with Crippen molar-refractivity contribution in [3.05, 3.63) is 59.8 Å². The highest BCUT2D eigenvalue weighted by Gasteiger charge is 2.56. The molecular weight excluding hydrogens is 548 g/mol. The molecule has 0 saturated carbocycles. The molecule has 2 aliphatic rings. The summed E-state index contributed by atoms with van der Waals surface area (Å²) in [6, 6.07) is 7.06. The molecule has 41 heavy (non-hydrogen) atoms. The summed E-state index contributed by atoms with van der Waals surface area (Å²) < 4.78 is 56.1. The van der Waals surface area contributed by atoms with E-state index in [4.69, 9.17) is 9.31 Å². The third kappa shape index (κ3) is 5.75. The molecule has 0 atom stereocenters. The van der Waals surface area contributed by atoms with Crippen LogP contribution < -0.4 is 10.0 Å². The SMILES string of the molecule is CC(C)(Cn1ccc(S(=O)(=O)NC(=O)Nc2c(-c3ccnc(F)c3)ccc3c2CCC3)n1)B1OC(C)(C)C(C)(C)O1. The van der Waals surface area contributed by atoms with Gasteiger partial charge in [0.25, 0.3) is 10.0 Å². The fourth-order valence-electron chi connectivity index (χ4n) is 5.16. The van der Waals surface area contributed by atoms with Crippen LogP contribution in [-0.2, 0) is 38.7 Å².